The maximum Gasteiger partial charge on any atom is 0.150 e. The van der Waals surface area contributed by atoms with Crippen molar-refractivity contribution in [3.05, 3.63) is 47.7 Å². The minimum Gasteiger partial charge on any atom is -0.496 e. The molecule has 19 heavy (non-hydrogen) atoms. The van der Waals surface area contributed by atoms with Crippen molar-refractivity contribution < 1.29 is 4.74 Å². The second-order valence-corrected chi connectivity index (χ2v) is 4.21. The van der Waals surface area contributed by atoms with Crippen molar-refractivity contribution in [2.24, 2.45) is 5.84 Å². The van der Waals surface area contributed by atoms with Gasteiger partial charge in [0.25, 0.3) is 0 Å². The van der Waals surface area contributed by atoms with Gasteiger partial charge in [0.15, 0.2) is 5.82 Å². The molecule has 0 saturated heterocycles. The molecular weight excluding hydrogens is 240 g/mol. The van der Waals surface area contributed by atoms with Gasteiger partial charge in [0, 0.05) is 18.3 Å². The molecule has 5 heteroatoms. The number of rotatable bonds is 5. The van der Waals surface area contributed by atoms with Crippen LogP contribution >= 0.6 is 0 Å². The van der Waals surface area contributed by atoms with E-state index in [2.05, 4.69) is 21.8 Å². The molecule has 1 heterocycles. The lowest BCUT2D eigenvalue weighted by Gasteiger charge is -2.13. The van der Waals surface area contributed by atoms with E-state index in [4.69, 9.17) is 10.6 Å². The van der Waals surface area contributed by atoms with Crippen molar-refractivity contribution >= 4 is 11.5 Å². The third-order valence-corrected chi connectivity index (χ3v) is 2.85. The molecule has 0 aliphatic heterocycles. The van der Waals surface area contributed by atoms with E-state index in [9.17, 15) is 0 Å². The number of nitrogens with two attached hydrogens (primary N) is 1. The zero-order chi connectivity index (χ0) is 13.7. The topological polar surface area (TPSA) is 72.2 Å². The summed E-state index contributed by atoms with van der Waals surface area (Å²) in [4.78, 5) is 4.24. The van der Waals surface area contributed by atoms with E-state index >= 15 is 0 Å². The minimum atomic E-state index is 0.620. The molecule has 5 nitrogen and oxygen atoms in total. The number of pyridine rings is 1. The molecule has 1 aromatic heterocycles. The predicted octanol–water partition coefficient (Wildman–Crippen LogP) is 2.30. The quantitative estimate of drug-likeness (QED) is 0.567. The number of nitrogens with one attached hydrogen (secondary N) is 2. The van der Waals surface area contributed by atoms with Gasteiger partial charge in [-0.3, -0.25) is 5.84 Å². The molecule has 0 atom stereocenters. The molecule has 100 valence electrons. The molecule has 0 saturated carbocycles. The Kier molecular flexibility index (Phi) is 4.20. The summed E-state index contributed by atoms with van der Waals surface area (Å²) < 4.78 is 5.37. The van der Waals surface area contributed by atoms with Crippen LogP contribution in [0, 0.1) is 6.92 Å². The summed E-state index contributed by atoms with van der Waals surface area (Å²) in [6.07, 6.45) is 1.72. The molecular formula is C14H18N4O. The van der Waals surface area contributed by atoms with Gasteiger partial charge in [0.05, 0.1) is 12.8 Å². The summed E-state index contributed by atoms with van der Waals surface area (Å²) in [7, 11) is 1.67. The summed E-state index contributed by atoms with van der Waals surface area (Å²) in [6, 6.07) is 9.80. The highest BCUT2D eigenvalue weighted by Crippen LogP contribution is 2.22. The largest absolute Gasteiger partial charge is 0.496 e. The van der Waals surface area contributed by atoms with Crippen LogP contribution in [0.1, 0.15) is 11.1 Å². The van der Waals surface area contributed by atoms with Gasteiger partial charge in [-0.25, -0.2) is 4.98 Å². The molecule has 0 amide bonds. The fourth-order valence-electron chi connectivity index (χ4n) is 1.84. The molecule has 0 radical (unpaired) electrons. The molecule has 2 rings (SSSR count). The molecule has 0 aliphatic rings. The smallest absolute Gasteiger partial charge is 0.150 e. The summed E-state index contributed by atoms with van der Waals surface area (Å²) in [5, 5.41) is 3.24. The van der Waals surface area contributed by atoms with E-state index in [-0.39, 0.29) is 0 Å². The Morgan fingerprint density at radius 1 is 1.32 bits per heavy atom. The number of ether oxygens (including phenoxy) is 1. The van der Waals surface area contributed by atoms with Gasteiger partial charge in [-0.1, -0.05) is 12.1 Å². The fraction of sp³-hybridized carbons (Fsp3) is 0.214. The van der Waals surface area contributed by atoms with Crippen molar-refractivity contribution in [1.29, 1.82) is 0 Å². The van der Waals surface area contributed by atoms with Gasteiger partial charge < -0.3 is 15.5 Å². The standard InChI is InChI=1S/C14H18N4O/c1-10-5-6-11(13(8-10)19-2)9-17-14-12(18-15)4-3-7-16-14/h3-8,18H,9,15H2,1-2H3,(H,16,17). The number of aromatic nitrogens is 1. The van der Waals surface area contributed by atoms with Crippen LogP contribution < -0.4 is 21.3 Å². The van der Waals surface area contributed by atoms with Gasteiger partial charge in [-0.15, -0.1) is 0 Å². The zero-order valence-electron chi connectivity index (χ0n) is 11.1. The highest BCUT2D eigenvalue weighted by Gasteiger charge is 2.05. The lowest BCUT2D eigenvalue weighted by molar-refractivity contribution is 0.410. The van der Waals surface area contributed by atoms with E-state index in [0.717, 1.165) is 17.0 Å². The maximum atomic E-state index is 5.44. The average Bonchev–Trinajstić information content (AvgIpc) is 2.46. The van der Waals surface area contributed by atoms with Gasteiger partial charge in [-0.05, 0) is 30.7 Å². The van der Waals surface area contributed by atoms with Crippen molar-refractivity contribution in [2.45, 2.75) is 13.5 Å². The third-order valence-electron chi connectivity index (χ3n) is 2.85. The first-order chi connectivity index (χ1) is 9.24. The van der Waals surface area contributed by atoms with Crippen molar-refractivity contribution in [3.8, 4) is 5.75 Å². The van der Waals surface area contributed by atoms with Crippen LogP contribution in [-0.4, -0.2) is 12.1 Å². The summed E-state index contributed by atoms with van der Waals surface area (Å²) in [5.41, 5.74) is 5.61. The third kappa shape index (κ3) is 3.14. The van der Waals surface area contributed by atoms with Crippen molar-refractivity contribution in [1.82, 2.24) is 4.98 Å². The van der Waals surface area contributed by atoms with E-state index in [0.29, 0.717) is 12.4 Å². The molecule has 0 spiro atoms. The molecule has 0 aliphatic carbocycles. The van der Waals surface area contributed by atoms with E-state index in [1.165, 1.54) is 5.56 Å². The number of anilines is 2. The summed E-state index contributed by atoms with van der Waals surface area (Å²) in [6.45, 7) is 2.66. The van der Waals surface area contributed by atoms with Crippen LogP contribution in [0.5, 0.6) is 5.75 Å². The molecule has 4 N–H and O–H groups in total. The van der Waals surface area contributed by atoms with E-state index in [1.807, 2.05) is 31.2 Å². The number of aryl methyl sites for hydroxylation is 1. The summed E-state index contributed by atoms with van der Waals surface area (Å²) in [5.74, 6) is 7.02. The van der Waals surface area contributed by atoms with E-state index < -0.39 is 0 Å². The Morgan fingerprint density at radius 3 is 2.89 bits per heavy atom. The van der Waals surface area contributed by atoms with Gasteiger partial charge in [0.1, 0.15) is 5.75 Å². The second-order valence-electron chi connectivity index (χ2n) is 4.21. The highest BCUT2D eigenvalue weighted by molar-refractivity contribution is 5.63. The lowest BCUT2D eigenvalue weighted by atomic mass is 10.1. The first-order valence-electron chi connectivity index (χ1n) is 6.03. The van der Waals surface area contributed by atoms with Crippen LogP contribution in [0.3, 0.4) is 0 Å². The number of hydrazine groups is 1. The van der Waals surface area contributed by atoms with Gasteiger partial charge >= 0.3 is 0 Å². The first-order valence-corrected chi connectivity index (χ1v) is 6.03. The van der Waals surface area contributed by atoms with Crippen LogP contribution in [0.4, 0.5) is 11.5 Å². The molecule has 1 aromatic carbocycles. The van der Waals surface area contributed by atoms with Gasteiger partial charge in [-0.2, -0.15) is 0 Å². The lowest BCUT2D eigenvalue weighted by Crippen LogP contribution is -2.11. The average molecular weight is 258 g/mol. The Balaban J connectivity index is 2.14. The Bertz CT molecular complexity index is 557. The monoisotopic (exact) mass is 258 g/mol. The van der Waals surface area contributed by atoms with Crippen molar-refractivity contribution in [3.63, 3.8) is 0 Å². The van der Waals surface area contributed by atoms with Crippen LogP contribution in [0.15, 0.2) is 36.5 Å². The zero-order valence-corrected chi connectivity index (χ0v) is 11.1. The number of nitrogens with zero attached hydrogens (tertiary/aromatic N) is 1. The first kappa shape index (κ1) is 13.2. The Morgan fingerprint density at radius 2 is 2.16 bits per heavy atom. The van der Waals surface area contributed by atoms with Crippen LogP contribution in [0.25, 0.3) is 0 Å². The van der Waals surface area contributed by atoms with Crippen molar-refractivity contribution in [2.75, 3.05) is 17.9 Å². The number of hydrogen-bond acceptors (Lipinski definition) is 5. The molecule has 2 aromatic rings. The molecule has 0 bridgehead atoms. The molecule has 0 unspecified atom stereocenters. The minimum absolute atomic E-state index is 0.620. The Hall–Kier alpha value is -2.27. The predicted molar refractivity (Wildman–Crippen MR) is 77.1 cm³/mol. The maximum absolute atomic E-state index is 5.44. The highest BCUT2D eigenvalue weighted by atomic mass is 16.5. The number of benzene rings is 1. The Labute approximate surface area is 112 Å². The van der Waals surface area contributed by atoms with E-state index in [1.54, 1.807) is 13.3 Å². The van der Waals surface area contributed by atoms with Gasteiger partial charge in [0.2, 0.25) is 0 Å². The molecule has 0 fully saturated rings. The van der Waals surface area contributed by atoms with Crippen LogP contribution in [0.2, 0.25) is 0 Å². The second kappa shape index (κ2) is 6.06. The number of nitrogen functional groups attached to an aromatic ring is 1. The fourth-order valence-corrected chi connectivity index (χ4v) is 1.84. The number of hydrogen-bond donors (Lipinski definition) is 3. The SMILES string of the molecule is COc1cc(C)ccc1CNc1ncccc1NN. The van der Waals surface area contributed by atoms with Crippen LogP contribution in [-0.2, 0) is 6.54 Å². The summed E-state index contributed by atoms with van der Waals surface area (Å²) >= 11 is 0. The number of methoxy groups -OCH3 is 1. The normalized spacial score (nSPS) is 10.1.